The summed E-state index contributed by atoms with van der Waals surface area (Å²) in [5.74, 6) is 0.285. The SMILES string of the molecule is CCCC(C)COP(=O)(F)C(C)C. The largest absolute Gasteiger partial charge is 0.369 e. The van der Waals surface area contributed by atoms with Gasteiger partial charge in [-0.1, -0.05) is 34.1 Å². The number of halogens is 1. The van der Waals surface area contributed by atoms with Crippen LogP contribution in [0.1, 0.15) is 40.5 Å². The van der Waals surface area contributed by atoms with E-state index >= 15 is 0 Å². The van der Waals surface area contributed by atoms with E-state index in [1.165, 1.54) is 0 Å². The van der Waals surface area contributed by atoms with Gasteiger partial charge >= 0.3 is 7.68 Å². The van der Waals surface area contributed by atoms with Gasteiger partial charge in [-0.15, -0.1) is 0 Å². The van der Waals surface area contributed by atoms with Crippen molar-refractivity contribution in [2.75, 3.05) is 6.61 Å². The molecule has 0 spiro atoms. The third kappa shape index (κ3) is 5.43. The fraction of sp³-hybridized carbons (Fsp3) is 1.00. The van der Waals surface area contributed by atoms with E-state index in [9.17, 15) is 8.76 Å². The molecule has 0 fully saturated rings. The Morgan fingerprint density at radius 1 is 1.38 bits per heavy atom. The summed E-state index contributed by atoms with van der Waals surface area (Å²) in [4.78, 5) is 0. The van der Waals surface area contributed by atoms with Crippen molar-refractivity contribution in [1.29, 1.82) is 0 Å². The smallest absolute Gasteiger partial charge is 0.305 e. The van der Waals surface area contributed by atoms with Crippen LogP contribution in [-0.2, 0) is 9.09 Å². The zero-order valence-corrected chi connectivity index (χ0v) is 9.81. The minimum Gasteiger partial charge on any atom is -0.305 e. The van der Waals surface area contributed by atoms with Gasteiger partial charge in [0.15, 0.2) is 0 Å². The second-order valence-electron chi connectivity index (χ2n) is 3.80. The molecule has 0 heterocycles. The zero-order valence-electron chi connectivity index (χ0n) is 8.92. The summed E-state index contributed by atoms with van der Waals surface area (Å²) in [7, 11) is -3.84. The Hall–Kier alpha value is 0.120. The molecule has 80 valence electrons. The topological polar surface area (TPSA) is 26.3 Å². The van der Waals surface area contributed by atoms with Crippen LogP contribution in [0.25, 0.3) is 0 Å². The van der Waals surface area contributed by atoms with E-state index in [0.29, 0.717) is 0 Å². The van der Waals surface area contributed by atoms with Crippen molar-refractivity contribution in [2.24, 2.45) is 5.92 Å². The van der Waals surface area contributed by atoms with Crippen molar-refractivity contribution in [1.82, 2.24) is 0 Å². The summed E-state index contributed by atoms with van der Waals surface area (Å²) in [6, 6.07) is 0. The van der Waals surface area contributed by atoms with E-state index in [1.807, 2.05) is 6.92 Å². The fourth-order valence-electron chi connectivity index (χ4n) is 0.954. The molecule has 0 N–H and O–H groups in total. The Kier molecular flexibility index (Phi) is 5.82. The first-order valence-corrected chi connectivity index (χ1v) is 6.42. The molecule has 0 bridgehead atoms. The molecule has 0 aromatic rings. The maximum Gasteiger partial charge on any atom is 0.369 e. The molecule has 0 rings (SSSR count). The Morgan fingerprint density at radius 3 is 2.31 bits per heavy atom. The normalized spacial score (nSPS) is 18.6. The summed E-state index contributed by atoms with van der Waals surface area (Å²) in [6.45, 7) is 7.45. The molecule has 0 aromatic heterocycles. The highest BCUT2D eigenvalue weighted by atomic mass is 31.2. The highest BCUT2D eigenvalue weighted by Crippen LogP contribution is 2.53. The van der Waals surface area contributed by atoms with E-state index in [0.717, 1.165) is 12.8 Å². The Bertz CT molecular complexity index is 182. The van der Waals surface area contributed by atoms with Gasteiger partial charge in [0.05, 0.1) is 12.3 Å². The summed E-state index contributed by atoms with van der Waals surface area (Å²) in [5.41, 5.74) is -0.527. The molecular formula is C9H20FO2P. The first kappa shape index (κ1) is 13.1. The van der Waals surface area contributed by atoms with Crippen molar-refractivity contribution in [2.45, 2.75) is 46.2 Å². The molecule has 0 aliphatic carbocycles. The van der Waals surface area contributed by atoms with Crippen LogP contribution in [0.3, 0.4) is 0 Å². The highest BCUT2D eigenvalue weighted by Gasteiger charge is 2.27. The minimum atomic E-state index is -3.84. The monoisotopic (exact) mass is 210 g/mol. The van der Waals surface area contributed by atoms with E-state index in [1.54, 1.807) is 13.8 Å². The molecule has 2 nitrogen and oxygen atoms in total. The standard InChI is InChI=1S/C9H20FO2P/c1-5-6-9(4)7-12-13(10,11)8(2)3/h8-9H,5-7H2,1-4H3. The van der Waals surface area contributed by atoms with E-state index in [4.69, 9.17) is 4.52 Å². The fourth-order valence-corrected chi connectivity index (χ4v) is 1.71. The first-order valence-electron chi connectivity index (χ1n) is 4.84. The number of hydrogen-bond donors (Lipinski definition) is 0. The summed E-state index contributed by atoms with van der Waals surface area (Å²) < 4.78 is 29.1. The van der Waals surface area contributed by atoms with Crippen molar-refractivity contribution in [3.63, 3.8) is 0 Å². The summed E-state index contributed by atoms with van der Waals surface area (Å²) >= 11 is 0. The molecule has 0 saturated heterocycles. The summed E-state index contributed by atoms with van der Waals surface area (Å²) in [5, 5.41) is 0. The van der Waals surface area contributed by atoms with Gasteiger partial charge in [-0.2, -0.15) is 4.20 Å². The Morgan fingerprint density at radius 2 is 1.92 bits per heavy atom. The molecule has 2 unspecified atom stereocenters. The quantitative estimate of drug-likeness (QED) is 0.619. The molecule has 13 heavy (non-hydrogen) atoms. The van der Waals surface area contributed by atoms with Crippen LogP contribution in [-0.4, -0.2) is 12.3 Å². The van der Waals surface area contributed by atoms with Gasteiger partial charge in [0.25, 0.3) is 0 Å². The first-order chi connectivity index (χ1) is 5.90. The van der Waals surface area contributed by atoms with Gasteiger partial charge in [-0.3, -0.25) is 4.57 Å². The lowest BCUT2D eigenvalue weighted by Crippen LogP contribution is -2.06. The van der Waals surface area contributed by atoms with Gasteiger partial charge in [0, 0.05) is 0 Å². The minimum absolute atomic E-state index is 0.264. The van der Waals surface area contributed by atoms with Crippen molar-refractivity contribution < 1.29 is 13.3 Å². The van der Waals surface area contributed by atoms with Gasteiger partial charge < -0.3 is 4.52 Å². The highest BCUT2D eigenvalue weighted by molar-refractivity contribution is 7.54. The van der Waals surface area contributed by atoms with Gasteiger partial charge in [0.1, 0.15) is 0 Å². The molecular weight excluding hydrogens is 190 g/mol. The molecule has 0 aliphatic heterocycles. The molecule has 0 aromatic carbocycles. The lowest BCUT2D eigenvalue weighted by atomic mass is 10.1. The predicted molar refractivity (Wildman–Crippen MR) is 53.9 cm³/mol. The lowest BCUT2D eigenvalue weighted by Gasteiger charge is -2.16. The summed E-state index contributed by atoms with van der Waals surface area (Å²) in [6.07, 6.45) is 2.03. The third-order valence-corrected chi connectivity index (χ3v) is 3.67. The van der Waals surface area contributed by atoms with Gasteiger partial charge in [-0.05, 0) is 12.3 Å². The van der Waals surface area contributed by atoms with Crippen molar-refractivity contribution in [3.05, 3.63) is 0 Å². The lowest BCUT2D eigenvalue weighted by molar-refractivity contribution is 0.230. The average molecular weight is 210 g/mol. The zero-order chi connectivity index (χ0) is 10.5. The second kappa shape index (κ2) is 5.77. The van der Waals surface area contributed by atoms with E-state index < -0.39 is 13.3 Å². The van der Waals surface area contributed by atoms with Crippen LogP contribution in [0.5, 0.6) is 0 Å². The Labute approximate surface area is 80.4 Å². The molecule has 2 atom stereocenters. The average Bonchev–Trinajstić information content (AvgIpc) is 2.01. The van der Waals surface area contributed by atoms with Crippen LogP contribution in [0.2, 0.25) is 0 Å². The van der Waals surface area contributed by atoms with E-state index in [-0.39, 0.29) is 12.5 Å². The van der Waals surface area contributed by atoms with Crippen LogP contribution < -0.4 is 0 Å². The van der Waals surface area contributed by atoms with Crippen LogP contribution in [0.15, 0.2) is 0 Å². The maximum atomic E-state index is 13.1. The molecule has 4 heteroatoms. The van der Waals surface area contributed by atoms with Gasteiger partial charge in [-0.25, -0.2) is 0 Å². The van der Waals surface area contributed by atoms with Gasteiger partial charge in [0.2, 0.25) is 0 Å². The van der Waals surface area contributed by atoms with Crippen molar-refractivity contribution in [3.8, 4) is 0 Å². The maximum absolute atomic E-state index is 13.1. The third-order valence-electron chi connectivity index (χ3n) is 1.93. The van der Waals surface area contributed by atoms with Crippen LogP contribution >= 0.6 is 7.68 Å². The molecule has 0 amide bonds. The van der Waals surface area contributed by atoms with Crippen LogP contribution in [0, 0.1) is 5.92 Å². The molecule has 0 saturated carbocycles. The molecule has 0 aliphatic rings. The molecule has 0 radical (unpaired) electrons. The second-order valence-corrected chi connectivity index (χ2v) is 6.14. The van der Waals surface area contributed by atoms with Crippen molar-refractivity contribution >= 4 is 7.68 Å². The Balaban J connectivity index is 3.81. The number of hydrogen-bond acceptors (Lipinski definition) is 2. The van der Waals surface area contributed by atoms with E-state index in [2.05, 4.69) is 6.92 Å². The number of rotatable bonds is 6. The van der Waals surface area contributed by atoms with Crippen LogP contribution in [0.4, 0.5) is 4.20 Å². The predicted octanol–water partition coefficient (Wildman–Crippen LogP) is 4.01.